The topological polar surface area (TPSA) is 62.4 Å². The molecule has 86 valence electrons. The van der Waals surface area contributed by atoms with Gasteiger partial charge in [0.15, 0.2) is 0 Å². The average Bonchev–Trinajstić information content (AvgIpc) is 2.39. The highest BCUT2D eigenvalue weighted by atomic mass is 15.4. The maximum absolute atomic E-state index is 5.73. The highest BCUT2D eigenvalue weighted by molar-refractivity contribution is 5.81. The fraction of sp³-hybridized carbons (Fsp3) is 0. The van der Waals surface area contributed by atoms with Crippen LogP contribution in [-0.4, -0.2) is 5.96 Å². The summed E-state index contributed by atoms with van der Waals surface area (Å²) in [5.74, 6) is 0.319. The predicted octanol–water partition coefficient (Wildman–Crippen LogP) is 2.25. The van der Waals surface area contributed by atoms with E-state index in [-0.39, 0.29) is 0 Å². The minimum absolute atomic E-state index is 0.319. The number of para-hydroxylation sites is 2. The lowest BCUT2D eigenvalue weighted by Gasteiger charge is -2.08. The molecule has 4 nitrogen and oxygen atoms in total. The van der Waals surface area contributed by atoms with Crippen LogP contribution in [-0.2, 0) is 0 Å². The van der Waals surface area contributed by atoms with Crippen molar-refractivity contribution in [3.8, 4) is 0 Å². The molecule has 0 saturated carbocycles. The van der Waals surface area contributed by atoms with E-state index in [4.69, 9.17) is 5.73 Å². The third-order valence-corrected chi connectivity index (χ3v) is 2.11. The van der Waals surface area contributed by atoms with E-state index in [0.29, 0.717) is 5.96 Å². The molecule has 0 aliphatic rings. The highest BCUT2D eigenvalue weighted by Crippen LogP contribution is 2.08. The Kier molecular flexibility index (Phi) is 3.60. The second kappa shape index (κ2) is 5.55. The lowest BCUT2D eigenvalue weighted by molar-refractivity contribution is 1.09. The molecule has 0 bridgehead atoms. The molecule has 0 radical (unpaired) electrons. The normalized spacial score (nSPS) is 10.9. The fourth-order valence-electron chi connectivity index (χ4n) is 1.33. The number of nitrogens with two attached hydrogens (primary N) is 1. The molecule has 2 aromatic rings. The van der Waals surface area contributed by atoms with E-state index in [1.807, 2.05) is 60.7 Å². The van der Waals surface area contributed by atoms with Gasteiger partial charge in [-0.05, 0) is 24.3 Å². The Morgan fingerprint density at radius 2 is 1.47 bits per heavy atom. The van der Waals surface area contributed by atoms with Crippen LogP contribution in [0.2, 0.25) is 0 Å². The van der Waals surface area contributed by atoms with Crippen LogP contribution in [0.15, 0.2) is 65.7 Å². The molecule has 2 rings (SSSR count). The van der Waals surface area contributed by atoms with Gasteiger partial charge in [0.05, 0.1) is 11.4 Å². The van der Waals surface area contributed by atoms with Crippen LogP contribution in [0.4, 0.5) is 11.4 Å². The first kappa shape index (κ1) is 11.0. The molecule has 0 atom stereocenters. The Bertz CT molecular complexity index is 479. The van der Waals surface area contributed by atoms with Crippen LogP contribution >= 0.6 is 0 Å². The molecule has 0 fully saturated rings. The second-order valence-electron chi connectivity index (χ2n) is 3.45. The average molecular weight is 226 g/mol. The van der Waals surface area contributed by atoms with Crippen molar-refractivity contribution in [3.63, 3.8) is 0 Å². The number of nitrogens with one attached hydrogen (secondary N) is 2. The van der Waals surface area contributed by atoms with Crippen LogP contribution in [0.3, 0.4) is 0 Å². The Morgan fingerprint density at radius 3 is 2.12 bits per heavy atom. The van der Waals surface area contributed by atoms with Crippen molar-refractivity contribution in [1.82, 2.24) is 5.43 Å². The minimum Gasteiger partial charge on any atom is -0.368 e. The summed E-state index contributed by atoms with van der Waals surface area (Å²) in [4.78, 5) is 4.19. The van der Waals surface area contributed by atoms with E-state index in [1.165, 1.54) is 0 Å². The monoisotopic (exact) mass is 226 g/mol. The maximum atomic E-state index is 5.73. The number of rotatable bonds is 3. The molecule has 17 heavy (non-hydrogen) atoms. The smallest absolute Gasteiger partial charge is 0.212 e. The van der Waals surface area contributed by atoms with E-state index in [2.05, 4.69) is 15.8 Å². The molecule has 0 spiro atoms. The molecule has 4 heteroatoms. The van der Waals surface area contributed by atoms with Gasteiger partial charge in [0.1, 0.15) is 0 Å². The summed E-state index contributed by atoms with van der Waals surface area (Å²) in [7, 11) is 0. The van der Waals surface area contributed by atoms with Gasteiger partial charge < -0.3 is 5.73 Å². The van der Waals surface area contributed by atoms with Gasteiger partial charge in [-0.25, -0.2) is 4.99 Å². The van der Waals surface area contributed by atoms with Gasteiger partial charge in [-0.3, -0.25) is 10.9 Å². The van der Waals surface area contributed by atoms with E-state index in [1.54, 1.807) is 0 Å². The molecule has 0 aromatic heterocycles. The first-order valence-corrected chi connectivity index (χ1v) is 5.31. The van der Waals surface area contributed by atoms with Crippen LogP contribution in [0, 0.1) is 0 Å². The largest absolute Gasteiger partial charge is 0.368 e. The van der Waals surface area contributed by atoms with E-state index < -0.39 is 0 Å². The zero-order chi connectivity index (χ0) is 11.9. The van der Waals surface area contributed by atoms with E-state index in [9.17, 15) is 0 Å². The van der Waals surface area contributed by atoms with E-state index in [0.717, 1.165) is 11.4 Å². The summed E-state index contributed by atoms with van der Waals surface area (Å²) in [6, 6.07) is 19.2. The summed E-state index contributed by atoms with van der Waals surface area (Å²) in [5, 5.41) is 0. The van der Waals surface area contributed by atoms with Crippen molar-refractivity contribution in [2.45, 2.75) is 0 Å². The number of nitrogens with zero attached hydrogens (tertiary/aromatic N) is 1. The Hall–Kier alpha value is -2.49. The van der Waals surface area contributed by atoms with Gasteiger partial charge in [-0.15, -0.1) is 0 Å². The molecule has 0 heterocycles. The molecule has 0 saturated heterocycles. The fourth-order valence-corrected chi connectivity index (χ4v) is 1.33. The van der Waals surface area contributed by atoms with Crippen molar-refractivity contribution >= 4 is 17.3 Å². The molecule has 0 unspecified atom stereocenters. The third kappa shape index (κ3) is 3.53. The first-order valence-electron chi connectivity index (χ1n) is 5.31. The lowest BCUT2D eigenvalue weighted by Crippen LogP contribution is -2.35. The third-order valence-electron chi connectivity index (χ3n) is 2.11. The van der Waals surface area contributed by atoms with Gasteiger partial charge >= 0.3 is 0 Å². The van der Waals surface area contributed by atoms with Crippen molar-refractivity contribution in [2.75, 3.05) is 5.43 Å². The molecular weight excluding hydrogens is 212 g/mol. The maximum Gasteiger partial charge on any atom is 0.212 e. The van der Waals surface area contributed by atoms with Crippen LogP contribution in [0.25, 0.3) is 0 Å². The lowest BCUT2D eigenvalue weighted by atomic mass is 10.3. The quantitative estimate of drug-likeness (QED) is 0.427. The standard InChI is InChI=1S/C13H14N4/c14-13(15-11-7-3-1-4-8-11)17-16-12-9-5-2-6-10-12/h1-10,16H,(H3,14,15,17). The van der Waals surface area contributed by atoms with Gasteiger partial charge in [-0.1, -0.05) is 36.4 Å². The second-order valence-corrected chi connectivity index (χ2v) is 3.45. The number of benzene rings is 2. The van der Waals surface area contributed by atoms with Gasteiger partial charge in [0, 0.05) is 0 Å². The number of guanidine groups is 1. The SMILES string of the molecule is NC(=Nc1ccccc1)NNc1ccccc1. The minimum atomic E-state index is 0.319. The summed E-state index contributed by atoms with van der Waals surface area (Å²) in [5.41, 5.74) is 13.3. The summed E-state index contributed by atoms with van der Waals surface area (Å²) in [6.45, 7) is 0. The summed E-state index contributed by atoms with van der Waals surface area (Å²) < 4.78 is 0. The molecule has 4 N–H and O–H groups in total. The molecule has 2 aromatic carbocycles. The van der Waals surface area contributed by atoms with Crippen molar-refractivity contribution in [1.29, 1.82) is 0 Å². The van der Waals surface area contributed by atoms with Gasteiger partial charge in [-0.2, -0.15) is 0 Å². The molecule has 0 amide bonds. The number of anilines is 1. The van der Waals surface area contributed by atoms with E-state index >= 15 is 0 Å². The zero-order valence-electron chi connectivity index (χ0n) is 9.30. The first-order chi connectivity index (χ1) is 8.34. The summed E-state index contributed by atoms with van der Waals surface area (Å²) >= 11 is 0. The van der Waals surface area contributed by atoms with Crippen LogP contribution in [0.5, 0.6) is 0 Å². The van der Waals surface area contributed by atoms with Gasteiger partial charge in [0.25, 0.3) is 0 Å². The highest BCUT2D eigenvalue weighted by Gasteiger charge is 1.92. The molecule has 0 aliphatic heterocycles. The zero-order valence-corrected chi connectivity index (χ0v) is 9.30. The Morgan fingerprint density at radius 1 is 0.882 bits per heavy atom. The Balaban J connectivity index is 1.94. The van der Waals surface area contributed by atoms with Crippen molar-refractivity contribution in [2.24, 2.45) is 10.7 Å². The van der Waals surface area contributed by atoms with Crippen molar-refractivity contribution < 1.29 is 0 Å². The number of hydrogen-bond acceptors (Lipinski definition) is 2. The predicted molar refractivity (Wildman–Crippen MR) is 70.9 cm³/mol. The summed E-state index contributed by atoms with van der Waals surface area (Å²) in [6.07, 6.45) is 0. The van der Waals surface area contributed by atoms with Gasteiger partial charge in [0.2, 0.25) is 5.96 Å². The number of hydrogen-bond donors (Lipinski definition) is 3. The number of hydrazine groups is 1. The van der Waals surface area contributed by atoms with Crippen LogP contribution in [0.1, 0.15) is 0 Å². The molecule has 0 aliphatic carbocycles. The van der Waals surface area contributed by atoms with Crippen molar-refractivity contribution in [3.05, 3.63) is 60.7 Å². The molecular formula is C13H14N4. The Labute approximate surface area is 100 Å². The van der Waals surface area contributed by atoms with Crippen LogP contribution < -0.4 is 16.6 Å². The number of aliphatic imine (C=N–C) groups is 1.